The fourth-order valence-electron chi connectivity index (χ4n) is 16.9. The molecule has 58 heavy (non-hydrogen) atoms. The van der Waals surface area contributed by atoms with Gasteiger partial charge in [0, 0.05) is 29.3 Å². The molecule has 8 aliphatic rings. The van der Waals surface area contributed by atoms with Gasteiger partial charge in [-0.2, -0.15) is 0 Å². The lowest BCUT2D eigenvalue weighted by molar-refractivity contribution is -0.253. The van der Waals surface area contributed by atoms with Crippen molar-refractivity contribution in [3.05, 3.63) is 17.7 Å². The van der Waals surface area contributed by atoms with Crippen molar-refractivity contribution >= 4 is 17.8 Å². The summed E-state index contributed by atoms with van der Waals surface area (Å²) in [5.41, 5.74) is 1.00. The molecule has 13 atom stereocenters. The molecule has 1 amide bonds. The zero-order valence-electron chi connectivity index (χ0n) is 38.1. The van der Waals surface area contributed by atoms with Crippen molar-refractivity contribution in [1.82, 2.24) is 14.9 Å². The number of esters is 1. The van der Waals surface area contributed by atoms with Crippen LogP contribution in [0.1, 0.15) is 190 Å². The number of hydrogen-bond acceptors (Lipinski definition) is 5. The number of nitrogens with one attached hydrogen (secondary N) is 1. The third-order valence-corrected chi connectivity index (χ3v) is 21.1. The second kappa shape index (κ2) is 12.8. The van der Waals surface area contributed by atoms with E-state index in [1.54, 1.807) is 0 Å². The molecule has 0 spiro atoms. The van der Waals surface area contributed by atoms with E-state index < -0.39 is 17.3 Å². The number of H-pyrrole nitrogens is 1. The maximum atomic E-state index is 15.6. The summed E-state index contributed by atoms with van der Waals surface area (Å²) in [6, 6.07) is 0.0469. The van der Waals surface area contributed by atoms with Crippen LogP contribution in [-0.4, -0.2) is 50.5 Å². The summed E-state index contributed by atoms with van der Waals surface area (Å²) in [7, 11) is 0. The Bertz CT molecular complexity index is 1850. The van der Waals surface area contributed by atoms with Crippen molar-refractivity contribution in [1.29, 1.82) is 0 Å². The van der Waals surface area contributed by atoms with Crippen LogP contribution in [0.3, 0.4) is 0 Å². The van der Waals surface area contributed by atoms with Crippen molar-refractivity contribution in [3.63, 3.8) is 0 Å². The molecular weight excluding hydrogens is 723 g/mol. The number of amides is 1. The highest BCUT2D eigenvalue weighted by molar-refractivity contribution is 5.85. The lowest BCUT2D eigenvalue weighted by Crippen LogP contribution is -2.67. The van der Waals surface area contributed by atoms with Crippen molar-refractivity contribution < 1.29 is 24.2 Å². The minimum absolute atomic E-state index is 0.0100. The first-order valence-electron chi connectivity index (χ1n) is 23.8. The second-order valence-electron chi connectivity index (χ2n) is 25.0. The van der Waals surface area contributed by atoms with Gasteiger partial charge in [-0.3, -0.25) is 14.4 Å². The minimum atomic E-state index is -0.808. The van der Waals surface area contributed by atoms with E-state index in [0.29, 0.717) is 47.3 Å². The van der Waals surface area contributed by atoms with Gasteiger partial charge in [-0.25, -0.2) is 4.98 Å². The van der Waals surface area contributed by atoms with Gasteiger partial charge in [0.25, 0.3) is 0 Å². The molecule has 9 rings (SSSR count). The molecule has 1 aromatic heterocycles. The van der Waals surface area contributed by atoms with E-state index in [4.69, 9.17) is 9.72 Å². The van der Waals surface area contributed by atoms with Gasteiger partial charge >= 0.3 is 11.9 Å². The van der Waals surface area contributed by atoms with Crippen LogP contribution in [0.25, 0.3) is 0 Å². The Hall–Kier alpha value is -2.38. The Balaban J connectivity index is 0.983. The number of carbonyl (C=O) groups is 3. The van der Waals surface area contributed by atoms with Crippen LogP contribution >= 0.6 is 0 Å². The van der Waals surface area contributed by atoms with Gasteiger partial charge in [0.2, 0.25) is 5.91 Å². The number of rotatable bonds is 6. The van der Waals surface area contributed by atoms with Gasteiger partial charge in [-0.05, 0) is 153 Å². The predicted octanol–water partition coefficient (Wildman–Crippen LogP) is 10.9. The fraction of sp³-hybridized carbons (Fsp3) is 0.880. The molecule has 1 saturated heterocycles. The topological polar surface area (TPSA) is 113 Å². The smallest absolute Gasteiger partial charge is 0.309 e. The first-order chi connectivity index (χ1) is 27.0. The van der Waals surface area contributed by atoms with E-state index in [1.807, 2.05) is 20.0 Å². The van der Waals surface area contributed by atoms with Crippen LogP contribution < -0.4 is 0 Å². The number of hydrogen-bond donors (Lipinski definition) is 2. The number of imidazole rings is 1. The second-order valence-corrected chi connectivity index (χ2v) is 25.0. The summed E-state index contributed by atoms with van der Waals surface area (Å²) in [5.74, 6) is 2.28. The highest BCUT2D eigenvalue weighted by atomic mass is 16.5. The lowest BCUT2D eigenvalue weighted by atomic mass is 9.32. The number of carbonyl (C=O) groups excluding carboxylic acids is 2. The van der Waals surface area contributed by atoms with E-state index in [-0.39, 0.29) is 56.5 Å². The fourth-order valence-corrected chi connectivity index (χ4v) is 16.9. The normalized spacial score (nSPS) is 45.8. The number of carboxylic acid groups (broad SMARTS) is 1. The van der Waals surface area contributed by atoms with E-state index in [2.05, 4.69) is 72.2 Å². The maximum Gasteiger partial charge on any atom is 0.309 e. The number of aliphatic carboxylic acids is 1. The molecule has 2 heterocycles. The van der Waals surface area contributed by atoms with Crippen LogP contribution in [0.4, 0.5) is 0 Å². The van der Waals surface area contributed by atoms with Crippen LogP contribution in [0.15, 0.2) is 6.20 Å². The van der Waals surface area contributed by atoms with Gasteiger partial charge in [0.1, 0.15) is 11.9 Å². The van der Waals surface area contributed by atoms with E-state index in [1.165, 1.54) is 38.5 Å². The molecule has 2 N–H and O–H groups in total. The Morgan fingerprint density at radius 1 is 0.776 bits per heavy atom. The summed E-state index contributed by atoms with van der Waals surface area (Å²) >= 11 is 0. The summed E-state index contributed by atoms with van der Waals surface area (Å²) in [5, 5.41) is 9.71. The van der Waals surface area contributed by atoms with Crippen LogP contribution in [0.5, 0.6) is 0 Å². The van der Waals surface area contributed by atoms with E-state index in [9.17, 15) is 14.7 Å². The number of ether oxygens (including phenoxy) is 1. The molecule has 0 aromatic carbocycles. The molecule has 7 aliphatic carbocycles. The van der Waals surface area contributed by atoms with Gasteiger partial charge in [0.05, 0.1) is 23.3 Å². The van der Waals surface area contributed by atoms with Crippen molar-refractivity contribution in [2.45, 2.75) is 190 Å². The van der Waals surface area contributed by atoms with Gasteiger partial charge in [0.15, 0.2) is 0 Å². The number of carboxylic acids is 1. The summed E-state index contributed by atoms with van der Waals surface area (Å²) in [6.07, 6.45) is 18.1. The Morgan fingerprint density at radius 2 is 1.50 bits per heavy atom. The molecule has 0 unspecified atom stereocenters. The molecule has 1 aromatic rings. The highest BCUT2D eigenvalue weighted by Crippen LogP contribution is 2.79. The number of fused-ring (bicyclic) bond motifs is 7. The average molecular weight is 800 g/mol. The molecule has 0 radical (unpaired) electrons. The quantitative estimate of drug-likeness (QED) is 0.277. The maximum absolute atomic E-state index is 15.6. The Morgan fingerprint density at radius 3 is 2.14 bits per heavy atom. The number of likely N-dealkylation sites (tertiary alicyclic amines) is 1. The first-order valence-corrected chi connectivity index (χ1v) is 23.8. The average Bonchev–Trinajstić information content (AvgIpc) is 3.54. The SMILES string of the molecule is CC(C)(C)c1cnc([C@@H]2CCCN2C(=O)[C@]23CC[C@@H](C4(C)CC4)[C@@H]2[C@H]2CC[C@@H]4[C@@]5(C)CC[C@H](OC(=O)[C@H]6C[C@@H](C(=O)O)C6(C)C)C(C)(C)[C@@H]5CC[C@@]4(C)[C@]2(C)CC3)[nH]1. The summed E-state index contributed by atoms with van der Waals surface area (Å²) in [4.78, 5) is 52.1. The zero-order chi connectivity index (χ0) is 41.8. The molecule has 8 heteroatoms. The van der Waals surface area contributed by atoms with Crippen LogP contribution in [0.2, 0.25) is 0 Å². The number of aromatic amines is 1. The molecule has 1 aliphatic heterocycles. The van der Waals surface area contributed by atoms with Crippen molar-refractivity contribution in [2.75, 3.05) is 6.54 Å². The van der Waals surface area contributed by atoms with E-state index >= 15 is 4.79 Å². The molecule has 7 saturated carbocycles. The van der Waals surface area contributed by atoms with Gasteiger partial charge in [-0.1, -0.05) is 76.2 Å². The molecule has 8 fully saturated rings. The van der Waals surface area contributed by atoms with Gasteiger partial charge in [-0.15, -0.1) is 0 Å². The van der Waals surface area contributed by atoms with Crippen LogP contribution in [0, 0.1) is 79.3 Å². The number of nitrogens with zero attached hydrogens (tertiary/aromatic N) is 2. The minimum Gasteiger partial charge on any atom is -0.481 e. The van der Waals surface area contributed by atoms with Crippen LogP contribution in [-0.2, 0) is 24.5 Å². The number of aromatic nitrogens is 2. The Kier molecular flexibility index (Phi) is 9.07. The molecule has 8 nitrogen and oxygen atoms in total. The van der Waals surface area contributed by atoms with E-state index in [0.717, 1.165) is 69.4 Å². The highest BCUT2D eigenvalue weighted by Gasteiger charge is 2.74. The van der Waals surface area contributed by atoms with Gasteiger partial charge < -0.3 is 19.7 Å². The summed E-state index contributed by atoms with van der Waals surface area (Å²) < 4.78 is 6.49. The standard InChI is InChI=1S/C50H77N3O5/c1-43(2,3)36-28-51-39(52-36)33-13-12-26-53(33)42(57)50-21-16-29(46(8)22-23-46)38(50)30-14-15-35-47(9)19-18-37(58-41(56)32-27-31(40(54)55)44(32,4)5)45(6,7)34(47)17-20-49(35,11)48(30,10)24-25-50/h28-35,37-38H,12-27H2,1-11H3,(H,51,52)(H,54,55)/t29-,30-,31+,32-,33+,34+,35-,37+,38-,47+,48-,49-,50+/m1/s1. The monoisotopic (exact) mass is 800 g/mol. The Labute approximate surface area is 349 Å². The molecular formula is C50H77N3O5. The lowest BCUT2D eigenvalue weighted by Gasteiger charge is -2.73. The predicted molar refractivity (Wildman–Crippen MR) is 225 cm³/mol. The molecule has 0 bridgehead atoms. The third kappa shape index (κ3) is 5.48. The third-order valence-electron chi connectivity index (χ3n) is 21.1. The molecule has 322 valence electrons. The van der Waals surface area contributed by atoms with Crippen molar-refractivity contribution in [2.24, 2.45) is 79.3 Å². The van der Waals surface area contributed by atoms with Crippen molar-refractivity contribution in [3.8, 4) is 0 Å². The largest absolute Gasteiger partial charge is 0.481 e. The zero-order valence-corrected chi connectivity index (χ0v) is 38.1. The first kappa shape index (κ1) is 41.0. The summed E-state index contributed by atoms with van der Waals surface area (Å²) in [6.45, 7) is 26.7.